The molecule has 4 N–H and O–H groups in total. The van der Waals surface area contributed by atoms with Crippen molar-refractivity contribution in [1.82, 2.24) is 9.97 Å². The van der Waals surface area contributed by atoms with Crippen LogP contribution in [-0.2, 0) is 4.84 Å². The summed E-state index contributed by atoms with van der Waals surface area (Å²) < 4.78 is 0. The molecule has 2 aromatic heterocycles. The number of H-pyrrole nitrogens is 1. The molecule has 3 aromatic rings. The fourth-order valence-corrected chi connectivity index (χ4v) is 2.44. The second-order valence-corrected chi connectivity index (χ2v) is 4.71. The molecule has 96 valence electrons. The van der Waals surface area contributed by atoms with Gasteiger partial charge in [0.1, 0.15) is 0 Å². The van der Waals surface area contributed by atoms with E-state index in [9.17, 15) is 4.79 Å². The summed E-state index contributed by atoms with van der Waals surface area (Å²) in [6, 6.07) is 7.88. The van der Waals surface area contributed by atoms with Crippen LogP contribution in [0.4, 0.5) is 10.8 Å². The van der Waals surface area contributed by atoms with E-state index in [1.807, 2.05) is 30.5 Å². The standard InChI is InChI=1S/C12H10N4O2S/c13-18-11(17)10-6-19-12(16-10)15-8-1-2-9-7(5-8)3-4-14-9/h1-6,14H,13H2,(H,15,16). The molecule has 0 saturated heterocycles. The second kappa shape index (κ2) is 4.71. The average Bonchev–Trinajstić information content (AvgIpc) is 3.06. The lowest BCUT2D eigenvalue weighted by atomic mass is 10.2. The molecule has 0 aliphatic heterocycles. The zero-order valence-corrected chi connectivity index (χ0v) is 10.5. The first-order valence-electron chi connectivity index (χ1n) is 5.47. The van der Waals surface area contributed by atoms with Crippen molar-refractivity contribution in [3.05, 3.63) is 41.5 Å². The molecule has 1 aromatic carbocycles. The number of benzene rings is 1. The van der Waals surface area contributed by atoms with Gasteiger partial charge in [-0.3, -0.25) is 0 Å². The summed E-state index contributed by atoms with van der Waals surface area (Å²) in [4.78, 5) is 22.5. The average molecular weight is 274 g/mol. The molecule has 0 atom stereocenters. The lowest BCUT2D eigenvalue weighted by Crippen LogP contribution is -2.10. The van der Waals surface area contributed by atoms with Crippen LogP contribution in [0.25, 0.3) is 10.9 Å². The SMILES string of the molecule is NOC(=O)c1csc(Nc2ccc3[nH]ccc3c2)n1. The summed E-state index contributed by atoms with van der Waals surface area (Å²) in [7, 11) is 0. The number of aromatic amines is 1. The first-order valence-corrected chi connectivity index (χ1v) is 6.35. The zero-order valence-electron chi connectivity index (χ0n) is 9.71. The van der Waals surface area contributed by atoms with Crippen molar-refractivity contribution in [3.63, 3.8) is 0 Å². The minimum atomic E-state index is -0.648. The quantitative estimate of drug-likeness (QED) is 0.638. The molecule has 0 spiro atoms. The Bertz CT molecular complexity index is 734. The topological polar surface area (TPSA) is 93.0 Å². The predicted octanol–water partition coefficient (Wildman–Crippen LogP) is 2.40. The fraction of sp³-hybridized carbons (Fsp3) is 0. The number of anilines is 2. The predicted molar refractivity (Wildman–Crippen MR) is 73.3 cm³/mol. The van der Waals surface area contributed by atoms with Crippen molar-refractivity contribution in [3.8, 4) is 0 Å². The van der Waals surface area contributed by atoms with E-state index in [1.54, 1.807) is 5.38 Å². The third kappa shape index (κ3) is 2.28. The van der Waals surface area contributed by atoms with Gasteiger partial charge in [-0.2, -0.15) is 5.90 Å². The Labute approximate surface area is 112 Å². The van der Waals surface area contributed by atoms with Gasteiger partial charge in [0.2, 0.25) is 0 Å². The maximum Gasteiger partial charge on any atom is 0.376 e. The van der Waals surface area contributed by atoms with Gasteiger partial charge < -0.3 is 15.1 Å². The Morgan fingerprint density at radius 1 is 1.42 bits per heavy atom. The van der Waals surface area contributed by atoms with Gasteiger partial charge in [0.15, 0.2) is 10.8 Å². The molecule has 0 aliphatic carbocycles. The van der Waals surface area contributed by atoms with Crippen LogP contribution in [0.2, 0.25) is 0 Å². The molecular formula is C12H10N4O2S. The number of nitrogens with zero attached hydrogens (tertiary/aromatic N) is 1. The highest BCUT2D eigenvalue weighted by atomic mass is 32.1. The van der Waals surface area contributed by atoms with Crippen LogP contribution < -0.4 is 11.2 Å². The Kier molecular flexibility index (Phi) is 2.90. The molecule has 19 heavy (non-hydrogen) atoms. The van der Waals surface area contributed by atoms with Gasteiger partial charge in [-0.15, -0.1) is 11.3 Å². The van der Waals surface area contributed by atoms with E-state index in [1.165, 1.54) is 11.3 Å². The normalized spacial score (nSPS) is 10.6. The molecule has 0 unspecified atom stereocenters. The molecule has 3 rings (SSSR count). The molecule has 0 fully saturated rings. The highest BCUT2D eigenvalue weighted by Crippen LogP contribution is 2.24. The number of fused-ring (bicyclic) bond motifs is 1. The molecular weight excluding hydrogens is 264 g/mol. The van der Waals surface area contributed by atoms with Crippen LogP contribution in [0.5, 0.6) is 0 Å². The number of hydrogen-bond donors (Lipinski definition) is 3. The number of thiazole rings is 1. The highest BCUT2D eigenvalue weighted by molar-refractivity contribution is 7.14. The van der Waals surface area contributed by atoms with E-state index >= 15 is 0 Å². The molecule has 7 heteroatoms. The number of carbonyl (C=O) groups is 1. The monoisotopic (exact) mass is 274 g/mol. The van der Waals surface area contributed by atoms with Crippen LogP contribution >= 0.6 is 11.3 Å². The zero-order chi connectivity index (χ0) is 13.2. The van der Waals surface area contributed by atoms with E-state index in [2.05, 4.69) is 20.1 Å². The van der Waals surface area contributed by atoms with Crippen LogP contribution in [0.15, 0.2) is 35.8 Å². The van der Waals surface area contributed by atoms with Crippen LogP contribution in [-0.4, -0.2) is 15.9 Å². The summed E-state index contributed by atoms with van der Waals surface area (Å²) in [5, 5.41) is 6.43. The van der Waals surface area contributed by atoms with Gasteiger partial charge in [-0.05, 0) is 24.3 Å². The first-order chi connectivity index (χ1) is 9.26. The van der Waals surface area contributed by atoms with Crippen LogP contribution in [0.3, 0.4) is 0 Å². The van der Waals surface area contributed by atoms with E-state index in [0.29, 0.717) is 5.13 Å². The van der Waals surface area contributed by atoms with Crippen molar-refractivity contribution >= 4 is 39.0 Å². The van der Waals surface area contributed by atoms with Crippen molar-refractivity contribution in [1.29, 1.82) is 0 Å². The van der Waals surface area contributed by atoms with E-state index < -0.39 is 5.97 Å². The summed E-state index contributed by atoms with van der Waals surface area (Å²) in [5.41, 5.74) is 2.16. The Morgan fingerprint density at radius 3 is 3.16 bits per heavy atom. The molecule has 6 nitrogen and oxygen atoms in total. The third-order valence-electron chi connectivity index (χ3n) is 2.62. The summed E-state index contributed by atoms with van der Waals surface area (Å²) in [5.74, 6) is 4.16. The summed E-state index contributed by atoms with van der Waals surface area (Å²) in [6.45, 7) is 0. The van der Waals surface area contributed by atoms with E-state index in [0.717, 1.165) is 16.6 Å². The minimum absolute atomic E-state index is 0.192. The van der Waals surface area contributed by atoms with Crippen molar-refractivity contribution in [2.45, 2.75) is 0 Å². The lowest BCUT2D eigenvalue weighted by molar-refractivity contribution is 0.0497. The van der Waals surface area contributed by atoms with Crippen molar-refractivity contribution in [2.75, 3.05) is 5.32 Å². The molecule has 2 heterocycles. The minimum Gasteiger partial charge on any atom is -0.368 e. The number of carbonyl (C=O) groups excluding carboxylic acids is 1. The van der Waals surface area contributed by atoms with Gasteiger partial charge in [-0.25, -0.2) is 9.78 Å². The number of nitrogens with two attached hydrogens (primary N) is 1. The Hall–Kier alpha value is -2.38. The number of aromatic nitrogens is 2. The van der Waals surface area contributed by atoms with Gasteiger partial charge in [0, 0.05) is 28.2 Å². The highest BCUT2D eigenvalue weighted by Gasteiger charge is 2.11. The Morgan fingerprint density at radius 2 is 2.32 bits per heavy atom. The Balaban J connectivity index is 1.83. The molecule has 0 radical (unpaired) electrons. The van der Waals surface area contributed by atoms with Gasteiger partial charge in [-0.1, -0.05) is 0 Å². The van der Waals surface area contributed by atoms with Crippen molar-refractivity contribution in [2.24, 2.45) is 5.90 Å². The third-order valence-corrected chi connectivity index (χ3v) is 3.38. The summed E-state index contributed by atoms with van der Waals surface area (Å²) >= 11 is 1.31. The fourth-order valence-electron chi connectivity index (χ4n) is 1.74. The van der Waals surface area contributed by atoms with Gasteiger partial charge >= 0.3 is 5.97 Å². The number of rotatable bonds is 3. The smallest absolute Gasteiger partial charge is 0.368 e. The van der Waals surface area contributed by atoms with Gasteiger partial charge in [0.05, 0.1) is 0 Å². The molecule has 0 saturated carbocycles. The molecule has 0 bridgehead atoms. The summed E-state index contributed by atoms with van der Waals surface area (Å²) in [6.07, 6.45) is 1.88. The van der Waals surface area contributed by atoms with Crippen LogP contribution in [0.1, 0.15) is 10.5 Å². The lowest BCUT2D eigenvalue weighted by Gasteiger charge is -2.02. The van der Waals surface area contributed by atoms with Crippen LogP contribution in [0, 0.1) is 0 Å². The molecule has 0 amide bonds. The van der Waals surface area contributed by atoms with E-state index in [4.69, 9.17) is 5.90 Å². The first kappa shape index (κ1) is 11.7. The van der Waals surface area contributed by atoms with Crippen molar-refractivity contribution < 1.29 is 9.63 Å². The maximum atomic E-state index is 11.2. The number of hydrogen-bond acceptors (Lipinski definition) is 6. The second-order valence-electron chi connectivity index (χ2n) is 3.85. The molecule has 0 aliphatic rings. The maximum absolute atomic E-state index is 11.2. The number of nitrogens with one attached hydrogen (secondary N) is 2. The van der Waals surface area contributed by atoms with E-state index in [-0.39, 0.29) is 5.69 Å². The largest absolute Gasteiger partial charge is 0.376 e. The van der Waals surface area contributed by atoms with Gasteiger partial charge in [0.25, 0.3) is 0 Å².